The highest BCUT2D eigenvalue weighted by Gasteiger charge is 2.13. The molecule has 7 nitrogen and oxygen atoms in total. The van der Waals surface area contributed by atoms with Gasteiger partial charge in [0, 0.05) is 28.5 Å². The number of rotatable bonds is 6. The first-order valence-corrected chi connectivity index (χ1v) is 10.1. The zero-order chi connectivity index (χ0) is 21.8. The van der Waals surface area contributed by atoms with Gasteiger partial charge in [-0.3, -0.25) is 9.59 Å². The van der Waals surface area contributed by atoms with Gasteiger partial charge in [0.05, 0.1) is 5.56 Å². The summed E-state index contributed by atoms with van der Waals surface area (Å²) in [5.41, 5.74) is 2.79. The van der Waals surface area contributed by atoms with Crippen molar-refractivity contribution in [3.05, 3.63) is 87.8 Å². The Morgan fingerprint density at radius 2 is 1.87 bits per heavy atom. The van der Waals surface area contributed by atoms with Gasteiger partial charge in [-0.25, -0.2) is 0 Å². The summed E-state index contributed by atoms with van der Waals surface area (Å²) in [6, 6.07) is 17.6. The van der Waals surface area contributed by atoms with E-state index in [-0.39, 0.29) is 23.9 Å². The maximum absolute atomic E-state index is 12.5. The number of carbonyl (C=O) groups excluding carboxylic acids is 1. The largest absolute Gasteiger partial charge is 0.334 e. The van der Waals surface area contributed by atoms with E-state index >= 15 is 0 Å². The molecule has 2 heterocycles. The quantitative estimate of drug-likeness (QED) is 0.485. The molecule has 0 radical (unpaired) electrons. The molecule has 4 aromatic rings. The van der Waals surface area contributed by atoms with Crippen LogP contribution in [-0.4, -0.2) is 20.6 Å². The number of halogens is 1. The molecule has 8 heteroatoms. The van der Waals surface area contributed by atoms with Gasteiger partial charge in [0.2, 0.25) is 11.7 Å². The Morgan fingerprint density at radius 3 is 2.65 bits per heavy atom. The van der Waals surface area contributed by atoms with Crippen molar-refractivity contribution >= 4 is 23.2 Å². The van der Waals surface area contributed by atoms with Crippen LogP contribution in [0, 0.1) is 0 Å². The molecule has 0 spiro atoms. The second kappa shape index (κ2) is 8.97. The van der Waals surface area contributed by atoms with Crippen LogP contribution < -0.4 is 10.9 Å². The SMILES string of the molecule is CCc1cccc(NC(=O)Cn2cc(-c3nc(-c4ccc(Cl)cc4)no3)ccc2=O)c1. The molecule has 4 rings (SSSR count). The topological polar surface area (TPSA) is 90.0 Å². The van der Waals surface area contributed by atoms with Gasteiger partial charge in [0.15, 0.2) is 0 Å². The number of nitrogens with one attached hydrogen (secondary N) is 1. The predicted molar refractivity (Wildman–Crippen MR) is 119 cm³/mol. The minimum absolute atomic E-state index is 0.138. The molecule has 156 valence electrons. The summed E-state index contributed by atoms with van der Waals surface area (Å²) >= 11 is 5.91. The number of hydrogen-bond donors (Lipinski definition) is 1. The summed E-state index contributed by atoms with van der Waals surface area (Å²) in [6.07, 6.45) is 2.40. The Labute approximate surface area is 183 Å². The molecule has 1 N–H and O–H groups in total. The van der Waals surface area contributed by atoms with Gasteiger partial charge in [-0.1, -0.05) is 35.8 Å². The second-order valence-corrected chi connectivity index (χ2v) is 7.35. The van der Waals surface area contributed by atoms with E-state index in [1.165, 1.54) is 16.8 Å². The molecule has 0 fully saturated rings. The molecule has 0 aliphatic carbocycles. The lowest BCUT2D eigenvalue weighted by atomic mass is 10.1. The van der Waals surface area contributed by atoms with Crippen molar-refractivity contribution in [3.63, 3.8) is 0 Å². The van der Waals surface area contributed by atoms with Crippen LogP contribution in [0.5, 0.6) is 0 Å². The van der Waals surface area contributed by atoms with E-state index < -0.39 is 0 Å². The minimum Gasteiger partial charge on any atom is -0.334 e. The first-order valence-electron chi connectivity index (χ1n) is 9.71. The van der Waals surface area contributed by atoms with Crippen LogP contribution in [-0.2, 0) is 17.8 Å². The van der Waals surface area contributed by atoms with Gasteiger partial charge < -0.3 is 14.4 Å². The molecular weight excluding hydrogens is 416 g/mol. The Hall–Kier alpha value is -3.71. The van der Waals surface area contributed by atoms with Crippen LogP contribution in [0.4, 0.5) is 5.69 Å². The lowest BCUT2D eigenvalue weighted by Gasteiger charge is -2.09. The highest BCUT2D eigenvalue weighted by molar-refractivity contribution is 6.30. The zero-order valence-corrected chi connectivity index (χ0v) is 17.5. The fraction of sp³-hybridized carbons (Fsp3) is 0.130. The summed E-state index contributed by atoms with van der Waals surface area (Å²) in [7, 11) is 0. The normalized spacial score (nSPS) is 10.8. The number of carbonyl (C=O) groups is 1. The number of benzene rings is 2. The zero-order valence-electron chi connectivity index (χ0n) is 16.7. The van der Waals surface area contributed by atoms with Crippen LogP contribution in [0.2, 0.25) is 5.02 Å². The first-order chi connectivity index (χ1) is 15.0. The van der Waals surface area contributed by atoms with Crippen LogP contribution in [0.15, 0.2) is 76.2 Å². The highest BCUT2D eigenvalue weighted by atomic mass is 35.5. The molecule has 0 unspecified atom stereocenters. The van der Waals surface area contributed by atoms with E-state index in [1.807, 2.05) is 31.2 Å². The minimum atomic E-state index is -0.307. The predicted octanol–water partition coefficient (Wildman–Crippen LogP) is 4.42. The molecular formula is C23H19ClN4O3. The summed E-state index contributed by atoms with van der Waals surface area (Å²) in [4.78, 5) is 29.1. The molecule has 1 amide bonds. The number of nitrogens with zero attached hydrogens (tertiary/aromatic N) is 3. The van der Waals surface area contributed by atoms with Gasteiger partial charge in [-0.15, -0.1) is 0 Å². The lowest BCUT2D eigenvalue weighted by molar-refractivity contribution is -0.116. The monoisotopic (exact) mass is 434 g/mol. The van der Waals surface area contributed by atoms with Gasteiger partial charge in [-0.2, -0.15) is 4.98 Å². The van der Waals surface area contributed by atoms with Crippen molar-refractivity contribution in [3.8, 4) is 22.8 Å². The molecule has 31 heavy (non-hydrogen) atoms. The molecule has 0 atom stereocenters. The van der Waals surface area contributed by atoms with Gasteiger partial charge in [0.1, 0.15) is 6.54 Å². The van der Waals surface area contributed by atoms with Crippen molar-refractivity contribution in [2.75, 3.05) is 5.32 Å². The number of hydrogen-bond acceptors (Lipinski definition) is 5. The van der Waals surface area contributed by atoms with E-state index in [0.29, 0.717) is 22.1 Å². The lowest BCUT2D eigenvalue weighted by Crippen LogP contribution is -2.26. The van der Waals surface area contributed by atoms with E-state index in [1.54, 1.807) is 30.3 Å². The van der Waals surface area contributed by atoms with E-state index in [0.717, 1.165) is 17.5 Å². The fourth-order valence-electron chi connectivity index (χ4n) is 3.06. The smallest absolute Gasteiger partial charge is 0.259 e. The molecule has 2 aromatic heterocycles. The average Bonchev–Trinajstić information content (AvgIpc) is 3.26. The molecule has 0 aliphatic heterocycles. The van der Waals surface area contributed by atoms with Crippen molar-refractivity contribution in [1.82, 2.24) is 14.7 Å². The molecule has 0 saturated carbocycles. The van der Waals surface area contributed by atoms with Gasteiger partial charge >= 0.3 is 0 Å². The number of amides is 1. The van der Waals surface area contributed by atoms with Crippen LogP contribution in [0.1, 0.15) is 12.5 Å². The van der Waals surface area contributed by atoms with E-state index in [2.05, 4.69) is 15.5 Å². The first kappa shape index (κ1) is 20.6. The number of pyridine rings is 1. The summed E-state index contributed by atoms with van der Waals surface area (Å²) in [6.45, 7) is 1.91. The Morgan fingerprint density at radius 1 is 1.10 bits per heavy atom. The van der Waals surface area contributed by atoms with Crippen LogP contribution in [0.3, 0.4) is 0 Å². The van der Waals surface area contributed by atoms with Crippen LogP contribution >= 0.6 is 11.6 Å². The van der Waals surface area contributed by atoms with E-state index in [9.17, 15) is 9.59 Å². The van der Waals surface area contributed by atoms with Gasteiger partial charge in [0.25, 0.3) is 11.4 Å². The molecule has 0 saturated heterocycles. The summed E-state index contributed by atoms with van der Waals surface area (Å²) in [5.74, 6) is 0.340. The number of anilines is 1. The maximum atomic E-state index is 12.5. The van der Waals surface area contributed by atoms with Crippen molar-refractivity contribution < 1.29 is 9.32 Å². The molecule has 0 aliphatic rings. The third-order valence-electron chi connectivity index (χ3n) is 4.69. The number of aromatic nitrogens is 3. The van der Waals surface area contributed by atoms with Crippen molar-refractivity contribution in [2.45, 2.75) is 19.9 Å². The third kappa shape index (κ3) is 4.90. The Balaban J connectivity index is 1.52. The summed E-state index contributed by atoms with van der Waals surface area (Å²) < 4.78 is 6.65. The molecule has 0 bridgehead atoms. The Bertz CT molecular complexity index is 1280. The molecule has 2 aromatic carbocycles. The number of aryl methyl sites for hydroxylation is 1. The maximum Gasteiger partial charge on any atom is 0.259 e. The second-order valence-electron chi connectivity index (χ2n) is 6.92. The van der Waals surface area contributed by atoms with Crippen molar-refractivity contribution in [1.29, 1.82) is 0 Å². The van der Waals surface area contributed by atoms with Crippen molar-refractivity contribution in [2.24, 2.45) is 0 Å². The van der Waals surface area contributed by atoms with E-state index in [4.69, 9.17) is 16.1 Å². The van der Waals surface area contributed by atoms with Gasteiger partial charge in [-0.05, 0) is 54.4 Å². The Kier molecular flexibility index (Phi) is 5.95. The standard InChI is InChI=1S/C23H19ClN4O3/c1-2-15-4-3-5-19(12-15)25-20(29)14-28-13-17(8-11-21(28)30)23-26-22(27-31-23)16-6-9-18(24)10-7-16/h3-13H,2,14H2,1H3,(H,25,29). The fourth-order valence-corrected chi connectivity index (χ4v) is 3.19. The third-order valence-corrected chi connectivity index (χ3v) is 4.94. The van der Waals surface area contributed by atoms with Crippen LogP contribution in [0.25, 0.3) is 22.8 Å². The summed E-state index contributed by atoms with van der Waals surface area (Å²) in [5, 5.41) is 7.41. The highest BCUT2D eigenvalue weighted by Crippen LogP contribution is 2.22. The average molecular weight is 435 g/mol.